The molecule has 1 N–H and O–H groups in total. The van der Waals surface area contributed by atoms with Gasteiger partial charge in [-0.3, -0.25) is 9.59 Å². The van der Waals surface area contributed by atoms with Crippen molar-refractivity contribution in [3.8, 4) is 0 Å². The Bertz CT molecular complexity index is 399. The lowest BCUT2D eigenvalue weighted by Crippen LogP contribution is -2.39. The first kappa shape index (κ1) is 15.1. The minimum absolute atomic E-state index is 0.0383. The molecule has 0 heterocycles. The average Bonchev–Trinajstić information content (AvgIpc) is 2.40. The minimum atomic E-state index is -0.706. The van der Waals surface area contributed by atoms with Crippen molar-refractivity contribution in [2.45, 2.75) is 70.6 Å². The summed E-state index contributed by atoms with van der Waals surface area (Å²) in [5.41, 5.74) is 0. The van der Waals surface area contributed by atoms with E-state index in [-0.39, 0.29) is 17.8 Å². The predicted molar refractivity (Wildman–Crippen MR) is 80.9 cm³/mol. The third-order valence-corrected chi connectivity index (χ3v) is 6.38. The number of aliphatic carboxylic acids is 1. The number of rotatable bonds is 6. The highest BCUT2D eigenvalue weighted by Crippen LogP contribution is 2.44. The molecule has 21 heavy (non-hydrogen) atoms. The Morgan fingerprint density at radius 1 is 0.857 bits per heavy atom. The molecule has 0 spiro atoms. The van der Waals surface area contributed by atoms with Crippen LogP contribution in [0, 0.1) is 29.6 Å². The maximum atomic E-state index is 12.7. The molecular weight excluding hydrogens is 264 g/mol. The maximum Gasteiger partial charge on any atom is 0.306 e. The minimum Gasteiger partial charge on any atom is -0.481 e. The van der Waals surface area contributed by atoms with E-state index >= 15 is 0 Å². The maximum absolute atomic E-state index is 12.7. The summed E-state index contributed by atoms with van der Waals surface area (Å²) in [5, 5.41) is 9.17. The molecule has 3 fully saturated rings. The second-order valence-electron chi connectivity index (χ2n) is 7.62. The molecule has 0 aliphatic heterocycles. The van der Waals surface area contributed by atoms with Gasteiger partial charge < -0.3 is 5.11 Å². The number of carbonyl (C=O) groups excluding carboxylic acids is 1. The quantitative estimate of drug-likeness (QED) is 0.803. The van der Waals surface area contributed by atoms with E-state index in [0.29, 0.717) is 18.1 Å². The molecule has 3 saturated carbocycles. The lowest BCUT2D eigenvalue weighted by atomic mass is 9.63. The van der Waals surface area contributed by atoms with Crippen molar-refractivity contribution < 1.29 is 14.7 Å². The van der Waals surface area contributed by atoms with Gasteiger partial charge in [0, 0.05) is 11.8 Å². The van der Waals surface area contributed by atoms with Crippen LogP contribution >= 0.6 is 0 Å². The molecule has 118 valence electrons. The molecule has 3 aliphatic carbocycles. The molecule has 4 atom stereocenters. The van der Waals surface area contributed by atoms with Crippen molar-refractivity contribution in [2.24, 2.45) is 29.6 Å². The number of hydrogen-bond acceptors (Lipinski definition) is 2. The molecule has 3 unspecified atom stereocenters. The van der Waals surface area contributed by atoms with Crippen molar-refractivity contribution in [1.82, 2.24) is 0 Å². The number of ketones is 1. The van der Waals surface area contributed by atoms with Crippen molar-refractivity contribution in [3.63, 3.8) is 0 Å². The summed E-state index contributed by atoms with van der Waals surface area (Å²) < 4.78 is 0. The van der Waals surface area contributed by atoms with Gasteiger partial charge in [-0.05, 0) is 50.4 Å². The van der Waals surface area contributed by atoms with Crippen LogP contribution in [0.5, 0.6) is 0 Å². The first-order valence-corrected chi connectivity index (χ1v) is 8.91. The first-order chi connectivity index (χ1) is 10.1. The van der Waals surface area contributed by atoms with E-state index in [1.54, 1.807) is 0 Å². The monoisotopic (exact) mass is 292 g/mol. The largest absolute Gasteiger partial charge is 0.481 e. The lowest BCUT2D eigenvalue weighted by molar-refractivity contribution is -0.144. The summed E-state index contributed by atoms with van der Waals surface area (Å²) in [4.78, 5) is 23.8. The Morgan fingerprint density at radius 2 is 1.57 bits per heavy atom. The Balaban J connectivity index is 1.48. The fraction of sp³-hybridized carbons (Fsp3) is 0.889. The van der Waals surface area contributed by atoms with Gasteiger partial charge in [-0.25, -0.2) is 0 Å². The van der Waals surface area contributed by atoms with Gasteiger partial charge in [0.15, 0.2) is 0 Å². The molecule has 0 bridgehead atoms. The SMILES string of the molecule is O=C(O)C1CCCC(C(=O)[C@@H]2CCC2CCC2CCC2)C1. The Morgan fingerprint density at radius 3 is 2.14 bits per heavy atom. The number of carboxylic acids is 1. The highest BCUT2D eigenvalue weighted by molar-refractivity contribution is 5.85. The van der Waals surface area contributed by atoms with Crippen LogP contribution in [-0.4, -0.2) is 16.9 Å². The van der Waals surface area contributed by atoms with Crippen molar-refractivity contribution >= 4 is 11.8 Å². The van der Waals surface area contributed by atoms with Crippen LogP contribution in [0.25, 0.3) is 0 Å². The van der Waals surface area contributed by atoms with Crippen LogP contribution in [0.3, 0.4) is 0 Å². The first-order valence-electron chi connectivity index (χ1n) is 8.91. The smallest absolute Gasteiger partial charge is 0.306 e. The summed E-state index contributed by atoms with van der Waals surface area (Å²) >= 11 is 0. The molecule has 0 saturated heterocycles. The zero-order chi connectivity index (χ0) is 14.8. The van der Waals surface area contributed by atoms with Gasteiger partial charge in [-0.1, -0.05) is 32.1 Å². The molecule has 0 aromatic heterocycles. The van der Waals surface area contributed by atoms with Gasteiger partial charge in [-0.2, -0.15) is 0 Å². The topological polar surface area (TPSA) is 54.4 Å². The second-order valence-corrected chi connectivity index (χ2v) is 7.62. The molecular formula is C18H28O3. The van der Waals surface area contributed by atoms with Gasteiger partial charge in [0.2, 0.25) is 0 Å². The summed E-state index contributed by atoms with van der Waals surface area (Å²) in [6, 6.07) is 0. The average molecular weight is 292 g/mol. The lowest BCUT2D eigenvalue weighted by Gasteiger charge is -2.40. The predicted octanol–water partition coefficient (Wildman–Crippen LogP) is 4.05. The molecule has 0 aromatic carbocycles. The van der Waals surface area contributed by atoms with Crippen molar-refractivity contribution in [3.05, 3.63) is 0 Å². The van der Waals surface area contributed by atoms with Crippen LogP contribution in [0.1, 0.15) is 70.6 Å². The Hall–Kier alpha value is -0.860. The summed E-state index contributed by atoms with van der Waals surface area (Å²) in [6.07, 6.45) is 12.2. The molecule has 0 radical (unpaired) electrons. The van der Waals surface area contributed by atoms with E-state index in [1.807, 2.05) is 0 Å². The Labute approximate surface area is 127 Å². The molecule has 0 amide bonds. The van der Waals surface area contributed by atoms with Gasteiger partial charge in [0.1, 0.15) is 5.78 Å². The van der Waals surface area contributed by atoms with E-state index in [2.05, 4.69) is 0 Å². The normalized spacial score (nSPS) is 36.6. The number of hydrogen-bond donors (Lipinski definition) is 1. The van der Waals surface area contributed by atoms with Gasteiger partial charge >= 0.3 is 5.97 Å². The van der Waals surface area contributed by atoms with Crippen molar-refractivity contribution in [2.75, 3.05) is 0 Å². The zero-order valence-corrected chi connectivity index (χ0v) is 12.9. The van der Waals surface area contributed by atoms with Gasteiger partial charge in [0.25, 0.3) is 0 Å². The van der Waals surface area contributed by atoms with E-state index < -0.39 is 5.97 Å². The van der Waals surface area contributed by atoms with Gasteiger partial charge in [-0.15, -0.1) is 0 Å². The Kier molecular flexibility index (Phi) is 4.66. The van der Waals surface area contributed by atoms with Crippen molar-refractivity contribution in [1.29, 1.82) is 0 Å². The highest BCUT2D eigenvalue weighted by atomic mass is 16.4. The van der Waals surface area contributed by atoms with Crippen LogP contribution in [-0.2, 0) is 9.59 Å². The summed E-state index contributed by atoms with van der Waals surface area (Å²) in [5.74, 6) is 1.28. The molecule has 3 nitrogen and oxygen atoms in total. The molecule has 0 aromatic rings. The van der Waals surface area contributed by atoms with E-state index in [9.17, 15) is 9.59 Å². The highest BCUT2D eigenvalue weighted by Gasteiger charge is 2.41. The fourth-order valence-electron chi connectivity index (χ4n) is 4.50. The molecule has 3 heteroatoms. The molecule has 3 rings (SSSR count). The van der Waals surface area contributed by atoms with E-state index in [1.165, 1.54) is 38.5 Å². The van der Waals surface area contributed by atoms with Crippen LogP contribution < -0.4 is 0 Å². The third kappa shape index (κ3) is 3.32. The van der Waals surface area contributed by atoms with E-state index in [0.717, 1.165) is 31.6 Å². The standard InChI is InChI=1S/C18H28O3/c19-17(14-5-2-6-15(11-14)18(20)21)16-10-9-13(16)8-7-12-3-1-4-12/h12-16H,1-11H2,(H,20,21)/t13?,14?,15?,16-/m1/s1. The third-order valence-electron chi connectivity index (χ3n) is 6.38. The van der Waals surface area contributed by atoms with Crippen LogP contribution in [0.4, 0.5) is 0 Å². The van der Waals surface area contributed by atoms with E-state index in [4.69, 9.17) is 5.11 Å². The number of carbonyl (C=O) groups is 2. The van der Waals surface area contributed by atoms with Crippen LogP contribution in [0.15, 0.2) is 0 Å². The second kappa shape index (κ2) is 6.50. The van der Waals surface area contributed by atoms with Gasteiger partial charge in [0.05, 0.1) is 5.92 Å². The fourth-order valence-corrected chi connectivity index (χ4v) is 4.50. The summed E-state index contributed by atoms with van der Waals surface area (Å²) in [7, 11) is 0. The zero-order valence-electron chi connectivity index (χ0n) is 12.9. The number of Topliss-reactive ketones (excluding diaryl/α,β-unsaturated/α-hetero) is 1. The number of carboxylic acid groups (broad SMARTS) is 1. The molecule has 3 aliphatic rings. The van der Waals surface area contributed by atoms with Crippen LogP contribution in [0.2, 0.25) is 0 Å². The summed E-state index contributed by atoms with van der Waals surface area (Å²) in [6.45, 7) is 0.